The van der Waals surface area contributed by atoms with Gasteiger partial charge < -0.3 is 19.8 Å². The van der Waals surface area contributed by atoms with Crippen LogP contribution in [-0.4, -0.2) is 69.1 Å². The van der Waals surface area contributed by atoms with Crippen LogP contribution in [0.15, 0.2) is 91.0 Å². The van der Waals surface area contributed by atoms with E-state index < -0.39 is 24.1 Å². The molecule has 4 atom stereocenters. The molecule has 1 unspecified atom stereocenters. The Morgan fingerprint density at radius 1 is 0.737 bits per heavy atom. The molecule has 194 valence electrons. The first-order valence-electron chi connectivity index (χ1n) is 13.1. The molecule has 3 saturated heterocycles. The largest absolute Gasteiger partial charge is 0.480 e. The molecule has 8 nitrogen and oxygen atoms in total. The van der Waals surface area contributed by atoms with Crippen molar-refractivity contribution in [1.29, 1.82) is 0 Å². The lowest BCUT2D eigenvalue weighted by Gasteiger charge is -2.50. The second kappa shape index (κ2) is 9.85. The number of aliphatic carboxylic acids is 1. The molecule has 1 N–H and O–H groups in total. The number of amides is 4. The number of anilines is 2. The van der Waals surface area contributed by atoms with Gasteiger partial charge >= 0.3 is 18.0 Å². The Balaban J connectivity index is 1.29. The fourth-order valence-electron chi connectivity index (χ4n) is 6.18. The molecule has 0 radical (unpaired) electrons. The molecule has 3 fully saturated rings. The maximum Gasteiger partial charge on any atom is 0.329 e. The first kappa shape index (κ1) is 24.0. The van der Waals surface area contributed by atoms with Crippen LogP contribution in [0.1, 0.15) is 30.9 Å². The highest BCUT2D eigenvalue weighted by Crippen LogP contribution is 2.41. The van der Waals surface area contributed by atoms with Gasteiger partial charge in [0, 0.05) is 13.1 Å². The highest BCUT2D eigenvalue weighted by molar-refractivity contribution is 6.01. The van der Waals surface area contributed by atoms with Crippen molar-refractivity contribution >= 4 is 29.4 Å². The van der Waals surface area contributed by atoms with Crippen LogP contribution in [0.2, 0.25) is 0 Å². The number of carbonyl (C=O) groups excluding carboxylic acids is 2. The van der Waals surface area contributed by atoms with E-state index >= 15 is 0 Å². The Morgan fingerprint density at radius 3 is 1.84 bits per heavy atom. The Bertz CT molecular complexity index is 1280. The van der Waals surface area contributed by atoms with Crippen LogP contribution < -0.4 is 4.90 Å². The van der Waals surface area contributed by atoms with Crippen molar-refractivity contribution < 1.29 is 19.5 Å². The van der Waals surface area contributed by atoms with Crippen LogP contribution in [-0.2, 0) is 4.79 Å². The summed E-state index contributed by atoms with van der Waals surface area (Å²) in [7, 11) is 0. The van der Waals surface area contributed by atoms with Crippen LogP contribution in [0.25, 0.3) is 0 Å². The van der Waals surface area contributed by atoms with Crippen LogP contribution in [0.5, 0.6) is 0 Å². The SMILES string of the molecule is O=C(O)[C@@H]1[C@H]2CC[C@@H](CN1C(=O)N(c1ccccc1)c1ccccc1)N2C(=O)N1CCC1c1ccccc1. The smallest absolute Gasteiger partial charge is 0.329 e. The Labute approximate surface area is 221 Å². The molecule has 3 aliphatic heterocycles. The van der Waals surface area contributed by atoms with Crippen LogP contribution in [0, 0.1) is 0 Å². The van der Waals surface area contributed by atoms with E-state index in [4.69, 9.17) is 0 Å². The van der Waals surface area contributed by atoms with Crippen LogP contribution in [0.3, 0.4) is 0 Å². The Morgan fingerprint density at radius 2 is 1.32 bits per heavy atom. The molecule has 0 aliphatic carbocycles. The third kappa shape index (κ3) is 4.06. The van der Waals surface area contributed by atoms with Gasteiger partial charge in [-0.15, -0.1) is 0 Å². The number of rotatable bonds is 4. The van der Waals surface area contributed by atoms with Gasteiger partial charge in [-0.3, -0.25) is 4.90 Å². The van der Waals surface area contributed by atoms with Crippen molar-refractivity contribution in [2.24, 2.45) is 0 Å². The molecule has 3 heterocycles. The van der Waals surface area contributed by atoms with Gasteiger partial charge in [-0.2, -0.15) is 0 Å². The second-order valence-electron chi connectivity index (χ2n) is 10.1. The van der Waals surface area contributed by atoms with Gasteiger partial charge in [0.15, 0.2) is 6.04 Å². The van der Waals surface area contributed by atoms with Gasteiger partial charge in [0.2, 0.25) is 0 Å². The number of carboxylic acid groups (broad SMARTS) is 1. The van der Waals surface area contributed by atoms with E-state index in [0.29, 0.717) is 30.8 Å². The van der Waals surface area contributed by atoms with Gasteiger partial charge in [-0.05, 0) is 49.1 Å². The normalized spacial score (nSPS) is 24.1. The fraction of sp³-hybridized carbons (Fsp3) is 0.300. The van der Waals surface area contributed by atoms with E-state index in [0.717, 1.165) is 12.0 Å². The number of fused-ring (bicyclic) bond motifs is 2. The van der Waals surface area contributed by atoms with E-state index in [1.165, 1.54) is 4.90 Å². The summed E-state index contributed by atoms with van der Waals surface area (Å²) in [4.78, 5) is 47.2. The summed E-state index contributed by atoms with van der Waals surface area (Å²) in [6.45, 7) is 0.822. The third-order valence-corrected chi connectivity index (χ3v) is 8.04. The number of likely N-dealkylation sites (tertiary alicyclic amines) is 2. The highest BCUT2D eigenvalue weighted by Gasteiger charge is 2.55. The zero-order valence-corrected chi connectivity index (χ0v) is 21.0. The average Bonchev–Trinajstić information content (AvgIpc) is 3.22. The number of para-hydroxylation sites is 2. The zero-order chi connectivity index (χ0) is 26.2. The van der Waals surface area contributed by atoms with Crippen molar-refractivity contribution in [2.75, 3.05) is 18.0 Å². The Kier molecular flexibility index (Phi) is 6.23. The van der Waals surface area contributed by atoms with Gasteiger partial charge in [0.1, 0.15) is 0 Å². The van der Waals surface area contributed by atoms with Gasteiger partial charge in [-0.1, -0.05) is 66.7 Å². The van der Waals surface area contributed by atoms with E-state index in [-0.39, 0.29) is 24.7 Å². The quantitative estimate of drug-likeness (QED) is 0.529. The van der Waals surface area contributed by atoms with Gasteiger partial charge in [0.25, 0.3) is 0 Å². The molecule has 4 amide bonds. The third-order valence-electron chi connectivity index (χ3n) is 8.04. The molecule has 3 aromatic rings. The molecule has 2 bridgehead atoms. The number of benzene rings is 3. The summed E-state index contributed by atoms with van der Waals surface area (Å²) in [5.41, 5.74) is 2.40. The van der Waals surface area contributed by atoms with Crippen molar-refractivity contribution in [3.63, 3.8) is 0 Å². The van der Waals surface area contributed by atoms with Crippen molar-refractivity contribution in [2.45, 2.75) is 43.4 Å². The fourth-order valence-corrected chi connectivity index (χ4v) is 6.18. The van der Waals surface area contributed by atoms with E-state index in [9.17, 15) is 19.5 Å². The highest BCUT2D eigenvalue weighted by atomic mass is 16.4. The van der Waals surface area contributed by atoms with Gasteiger partial charge in [0.05, 0.1) is 29.5 Å². The summed E-state index contributed by atoms with van der Waals surface area (Å²) in [5.74, 6) is -1.09. The lowest BCUT2D eigenvalue weighted by atomic mass is 9.94. The minimum absolute atomic E-state index is 0.00214. The number of carbonyl (C=O) groups is 3. The summed E-state index contributed by atoms with van der Waals surface area (Å²) in [6, 6.07) is 26.0. The zero-order valence-electron chi connectivity index (χ0n) is 21.0. The predicted molar refractivity (Wildman–Crippen MR) is 143 cm³/mol. The number of urea groups is 2. The molecule has 6 rings (SSSR count). The standard InChI is InChI=1S/C30H30N4O4/c35-28(36)27-26-17-16-24(34(26)29(37)31-19-18-25(31)21-10-4-1-5-11-21)20-32(27)30(38)33(22-12-6-2-7-13-22)23-14-8-3-9-15-23/h1-15,24-27H,16-20H2,(H,35,36)/t24-,25?,26+,27-/m0/s1. The average molecular weight is 511 g/mol. The maximum absolute atomic E-state index is 14.1. The van der Waals surface area contributed by atoms with Crippen molar-refractivity contribution in [1.82, 2.24) is 14.7 Å². The van der Waals surface area contributed by atoms with Crippen LogP contribution >= 0.6 is 0 Å². The van der Waals surface area contributed by atoms with Gasteiger partial charge in [-0.25, -0.2) is 14.4 Å². The number of carboxylic acids is 1. The molecule has 8 heteroatoms. The minimum Gasteiger partial charge on any atom is -0.480 e. The molecular weight excluding hydrogens is 480 g/mol. The molecule has 0 spiro atoms. The topological polar surface area (TPSA) is 84.4 Å². The van der Waals surface area contributed by atoms with Crippen molar-refractivity contribution in [3.8, 4) is 0 Å². The summed E-state index contributed by atoms with van der Waals surface area (Å²) < 4.78 is 0. The maximum atomic E-state index is 14.1. The molecule has 3 aliphatic rings. The van der Waals surface area contributed by atoms with E-state index in [1.807, 2.05) is 95.9 Å². The number of nitrogens with zero attached hydrogens (tertiary/aromatic N) is 4. The predicted octanol–water partition coefficient (Wildman–Crippen LogP) is 5.11. The minimum atomic E-state index is -1.13. The molecular formula is C30H30N4O4. The van der Waals surface area contributed by atoms with Crippen molar-refractivity contribution in [3.05, 3.63) is 96.6 Å². The summed E-state index contributed by atoms with van der Waals surface area (Å²) >= 11 is 0. The monoisotopic (exact) mass is 510 g/mol. The lowest BCUT2D eigenvalue weighted by molar-refractivity contribution is -0.146. The van der Waals surface area contributed by atoms with Crippen LogP contribution in [0.4, 0.5) is 21.0 Å². The summed E-state index contributed by atoms with van der Waals surface area (Å²) in [6.07, 6.45) is 2.11. The molecule has 0 aromatic heterocycles. The molecule has 0 saturated carbocycles. The molecule has 3 aromatic carbocycles. The first-order chi connectivity index (χ1) is 18.5. The van der Waals surface area contributed by atoms with E-state index in [2.05, 4.69) is 0 Å². The number of hydrogen-bond donors (Lipinski definition) is 1. The Hall–Kier alpha value is -4.33. The lowest BCUT2D eigenvalue weighted by Crippen LogP contribution is -2.68. The van der Waals surface area contributed by atoms with E-state index in [1.54, 1.807) is 9.80 Å². The number of piperazine rings is 1. The first-order valence-corrected chi connectivity index (χ1v) is 13.1. The molecule has 38 heavy (non-hydrogen) atoms. The second-order valence-corrected chi connectivity index (χ2v) is 10.1. The number of hydrogen-bond acceptors (Lipinski definition) is 3. The summed E-state index contributed by atoms with van der Waals surface area (Å²) in [5, 5.41) is 10.4.